The lowest BCUT2D eigenvalue weighted by Gasteiger charge is -2.22. The van der Waals surface area contributed by atoms with Crippen LogP contribution >= 0.6 is 0 Å². The van der Waals surface area contributed by atoms with Gasteiger partial charge < -0.3 is 5.32 Å². The Balaban J connectivity index is 1.89. The Morgan fingerprint density at radius 3 is 2.50 bits per heavy atom. The van der Waals surface area contributed by atoms with Crippen LogP contribution in [0.4, 0.5) is 13.2 Å². The van der Waals surface area contributed by atoms with Gasteiger partial charge in [-0.05, 0) is 24.6 Å². The number of benzene rings is 1. The molecule has 20 heavy (non-hydrogen) atoms. The van der Waals surface area contributed by atoms with E-state index in [0.29, 0.717) is 13.0 Å². The minimum atomic E-state index is -4.30. The highest BCUT2D eigenvalue weighted by molar-refractivity contribution is 5.20. The second-order valence-electron chi connectivity index (χ2n) is 4.46. The summed E-state index contributed by atoms with van der Waals surface area (Å²) >= 11 is 0. The molecule has 6 heteroatoms. The number of aromatic nitrogens is 2. The van der Waals surface area contributed by atoms with Crippen LogP contribution in [0.1, 0.15) is 18.0 Å². The van der Waals surface area contributed by atoms with E-state index in [-0.39, 0.29) is 12.1 Å². The second-order valence-corrected chi connectivity index (χ2v) is 4.46. The number of nitrogens with zero attached hydrogens (tertiary/aromatic N) is 2. The third kappa shape index (κ3) is 4.09. The predicted molar refractivity (Wildman–Crippen MR) is 70.1 cm³/mol. The molecule has 1 unspecified atom stereocenters. The molecule has 0 radical (unpaired) electrons. The molecule has 1 aromatic heterocycles. The molecule has 1 N–H and O–H groups in total. The second kappa shape index (κ2) is 6.56. The van der Waals surface area contributed by atoms with Gasteiger partial charge in [0.05, 0.1) is 0 Å². The Bertz CT molecular complexity index is 494. The van der Waals surface area contributed by atoms with E-state index < -0.39 is 12.2 Å². The number of hydrogen-bond acceptors (Lipinski definition) is 2. The van der Waals surface area contributed by atoms with Crippen LogP contribution < -0.4 is 5.32 Å². The zero-order chi connectivity index (χ0) is 14.4. The molecular formula is C14H16F3N3. The number of aryl methyl sites for hydroxylation is 1. The molecular weight excluding hydrogens is 267 g/mol. The fraction of sp³-hybridized carbons (Fsp3) is 0.357. The normalized spacial score (nSPS) is 13.3. The van der Waals surface area contributed by atoms with E-state index in [4.69, 9.17) is 0 Å². The van der Waals surface area contributed by atoms with Crippen molar-refractivity contribution < 1.29 is 13.2 Å². The summed E-state index contributed by atoms with van der Waals surface area (Å²) in [5.74, 6) is 0. The van der Waals surface area contributed by atoms with E-state index in [1.165, 1.54) is 12.1 Å². The summed E-state index contributed by atoms with van der Waals surface area (Å²) in [5.41, 5.74) is 0.235. The molecule has 0 aliphatic rings. The van der Waals surface area contributed by atoms with Crippen molar-refractivity contribution in [3.8, 4) is 0 Å². The maximum absolute atomic E-state index is 13.0. The summed E-state index contributed by atoms with van der Waals surface area (Å²) in [4.78, 5) is 0. The smallest absolute Gasteiger partial charge is 0.302 e. The summed E-state index contributed by atoms with van der Waals surface area (Å²) in [5, 5.41) is 6.58. The van der Waals surface area contributed by atoms with Crippen LogP contribution in [0.25, 0.3) is 0 Å². The van der Waals surface area contributed by atoms with Crippen molar-refractivity contribution in [1.82, 2.24) is 15.1 Å². The SMILES string of the molecule is FC(F)(F)C(NCCCn1cccn1)c1ccccc1. The Hall–Kier alpha value is -1.82. The topological polar surface area (TPSA) is 29.9 Å². The molecule has 108 valence electrons. The standard InChI is InChI=1S/C14H16F3N3/c15-14(16,17)13(12-6-2-1-3-7-12)18-8-4-10-20-11-5-9-19-20/h1-3,5-7,9,11,13,18H,4,8,10H2. The number of halogens is 3. The first-order valence-electron chi connectivity index (χ1n) is 6.40. The molecule has 0 saturated heterocycles. The van der Waals surface area contributed by atoms with E-state index in [1.807, 2.05) is 0 Å². The summed E-state index contributed by atoms with van der Waals surface area (Å²) in [6.45, 7) is 0.873. The predicted octanol–water partition coefficient (Wildman–Crippen LogP) is 3.17. The Kier molecular flexibility index (Phi) is 4.79. The molecule has 0 bridgehead atoms. The maximum Gasteiger partial charge on any atom is 0.407 e. The van der Waals surface area contributed by atoms with Gasteiger partial charge in [0.2, 0.25) is 0 Å². The van der Waals surface area contributed by atoms with E-state index >= 15 is 0 Å². The lowest BCUT2D eigenvalue weighted by atomic mass is 10.1. The highest BCUT2D eigenvalue weighted by Gasteiger charge is 2.40. The average molecular weight is 283 g/mol. The van der Waals surface area contributed by atoms with E-state index in [9.17, 15) is 13.2 Å². The number of nitrogens with one attached hydrogen (secondary N) is 1. The van der Waals surface area contributed by atoms with Crippen molar-refractivity contribution in [1.29, 1.82) is 0 Å². The van der Waals surface area contributed by atoms with Crippen molar-refractivity contribution in [3.05, 3.63) is 54.4 Å². The van der Waals surface area contributed by atoms with Crippen molar-refractivity contribution >= 4 is 0 Å². The van der Waals surface area contributed by atoms with Gasteiger partial charge in [-0.2, -0.15) is 18.3 Å². The monoisotopic (exact) mass is 283 g/mol. The van der Waals surface area contributed by atoms with Gasteiger partial charge in [0.15, 0.2) is 0 Å². The fourth-order valence-corrected chi connectivity index (χ4v) is 1.99. The first-order chi connectivity index (χ1) is 9.57. The minimum absolute atomic E-state index is 0.235. The third-order valence-electron chi connectivity index (χ3n) is 2.93. The molecule has 0 amide bonds. The van der Waals surface area contributed by atoms with Crippen LogP contribution in [-0.4, -0.2) is 22.5 Å². The first-order valence-corrected chi connectivity index (χ1v) is 6.40. The Labute approximate surface area is 115 Å². The average Bonchev–Trinajstić information content (AvgIpc) is 2.91. The van der Waals surface area contributed by atoms with Crippen molar-refractivity contribution in [3.63, 3.8) is 0 Å². The lowest BCUT2D eigenvalue weighted by molar-refractivity contribution is -0.157. The number of alkyl halides is 3. The number of rotatable bonds is 6. The Morgan fingerprint density at radius 2 is 1.90 bits per heavy atom. The molecule has 1 aromatic carbocycles. The maximum atomic E-state index is 13.0. The molecule has 3 nitrogen and oxygen atoms in total. The minimum Gasteiger partial charge on any atom is -0.302 e. The number of hydrogen-bond donors (Lipinski definition) is 1. The molecule has 0 fully saturated rings. The van der Waals surface area contributed by atoms with Gasteiger partial charge in [0, 0.05) is 18.9 Å². The van der Waals surface area contributed by atoms with Crippen molar-refractivity contribution in [2.45, 2.75) is 25.2 Å². The van der Waals surface area contributed by atoms with Gasteiger partial charge in [0.1, 0.15) is 6.04 Å². The highest BCUT2D eigenvalue weighted by atomic mass is 19.4. The van der Waals surface area contributed by atoms with E-state index in [0.717, 1.165) is 0 Å². The molecule has 2 aromatic rings. The largest absolute Gasteiger partial charge is 0.407 e. The van der Waals surface area contributed by atoms with Crippen LogP contribution in [0, 0.1) is 0 Å². The third-order valence-corrected chi connectivity index (χ3v) is 2.93. The van der Waals surface area contributed by atoms with Gasteiger partial charge in [-0.1, -0.05) is 30.3 Å². The van der Waals surface area contributed by atoms with Gasteiger partial charge in [-0.15, -0.1) is 0 Å². The zero-order valence-electron chi connectivity index (χ0n) is 10.8. The van der Waals surface area contributed by atoms with Crippen molar-refractivity contribution in [2.75, 3.05) is 6.54 Å². The molecule has 0 saturated carbocycles. The molecule has 0 spiro atoms. The van der Waals surface area contributed by atoms with Gasteiger partial charge in [-0.25, -0.2) is 0 Å². The van der Waals surface area contributed by atoms with Crippen LogP contribution in [0.3, 0.4) is 0 Å². The lowest BCUT2D eigenvalue weighted by Crippen LogP contribution is -2.35. The Morgan fingerprint density at radius 1 is 1.15 bits per heavy atom. The highest BCUT2D eigenvalue weighted by Crippen LogP contribution is 2.32. The zero-order valence-corrected chi connectivity index (χ0v) is 10.8. The fourth-order valence-electron chi connectivity index (χ4n) is 1.99. The van der Waals surface area contributed by atoms with Gasteiger partial charge >= 0.3 is 6.18 Å². The van der Waals surface area contributed by atoms with Crippen LogP contribution in [0.5, 0.6) is 0 Å². The van der Waals surface area contributed by atoms with Crippen LogP contribution in [0.2, 0.25) is 0 Å². The molecule has 1 heterocycles. The summed E-state index contributed by atoms with van der Waals surface area (Å²) in [6, 6.07) is 8.06. The van der Waals surface area contributed by atoms with E-state index in [2.05, 4.69) is 10.4 Å². The summed E-state index contributed by atoms with van der Waals surface area (Å²) < 4.78 is 40.8. The molecule has 2 rings (SSSR count). The van der Waals surface area contributed by atoms with Crippen LogP contribution in [0.15, 0.2) is 48.8 Å². The van der Waals surface area contributed by atoms with Gasteiger partial charge in [-0.3, -0.25) is 4.68 Å². The molecule has 0 aliphatic heterocycles. The van der Waals surface area contributed by atoms with Gasteiger partial charge in [0.25, 0.3) is 0 Å². The first kappa shape index (κ1) is 14.6. The molecule has 1 atom stereocenters. The summed E-state index contributed by atoms with van der Waals surface area (Å²) in [6.07, 6.45) is -0.275. The van der Waals surface area contributed by atoms with E-state index in [1.54, 1.807) is 41.3 Å². The van der Waals surface area contributed by atoms with Crippen LogP contribution in [-0.2, 0) is 6.54 Å². The molecule has 0 aliphatic carbocycles. The summed E-state index contributed by atoms with van der Waals surface area (Å²) in [7, 11) is 0. The quantitative estimate of drug-likeness (QED) is 0.825. The van der Waals surface area contributed by atoms with Crippen molar-refractivity contribution in [2.24, 2.45) is 0 Å².